The van der Waals surface area contributed by atoms with Crippen molar-refractivity contribution in [1.29, 1.82) is 0 Å². The van der Waals surface area contributed by atoms with E-state index in [1.807, 2.05) is 12.1 Å². The average molecular weight is 345 g/mol. The van der Waals surface area contributed by atoms with Gasteiger partial charge in [0, 0.05) is 18.3 Å². The summed E-state index contributed by atoms with van der Waals surface area (Å²) < 4.78 is 28.0. The predicted molar refractivity (Wildman–Crippen MR) is 98.8 cm³/mol. The van der Waals surface area contributed by atoms with Crippen molar-refractivity contribution in [2.45, 2.75) is 37.1 Å². The number of hydrogen-bond acceptors (Lipinski definition) is 4. The molecule has 0 aromatic heterocycles. The number of nitrogens with zero attached hydrogens (tertiary/aromatic N) is 1. The number of nitrogen functional groups attached to an aromatic ring is 1. The van der Waals surface area contributed by atoms with Gasteiger partial charge in [-0.05, 0) is 56.5 Å². The van der Waals surface area contributed by atoms with Gasteiger partial charge in [0.05, 0.1) is 16.3 Å². The Kier molecular flexibility index (Phi) is 4.66. The largest absolute Gasteiger partial charge is 0.399 e. The molecule has 0 spiro atoms. The fraction of sp³-hybridized carbons (Fsp3) is 0.333. The van der Waals surface area contributed by atoms with Gasteiger partial charge in [-0.1, -0.05) is 18.2 Å². The van der Waals surface area contributed by atoms with Gasteiger partial charge in [-0.25, -0.2) is 8.42 Å². The van der Waals surface area contributed by atoms with Crippen LogP contribution in [0.5, 0.6) is 0 Å². The fourth-order valence-corrected chi connectivity index (χ4v) is 4.23. The third kappa shape index (κ3) is 3.48. The van der Waals surface area contributed by atoms with Crippen LogP contribution in [-0.2, 0) is 10.0 Å². The van der Waals surface area contributed by atoms with Crippen LogP contribution in [0.15, 0.2) is 53.4 Å². The minimum absolute atomic E-state index is 0.241. The summed E-state index contributed by atoms with van der Waals surface area (Å²) in [5.74, 6) is 0. The molecule has 0 saturated carbocycles. The van der Waals surface area contributed by atoms with Crippen LogP contribution in [0.4, 0.5) is 17.1 Å². The molecule has 1 saturated heterocycles. The molecular weight excluding hydrogens is 322 g/mol. The number of sulfonamides is 1. The first-order chi connectivity index (χ1) is 11.5. The van der Waals surface area contributed by atoms with Crippen molar-refractivity contribution in [1.82, 2.24) is 0 Å². The standard InChI is InChI=1S/C18H23N3O2S/c1-14-7-5-6-12-21(14)18-11-10-15(19)13-17(18)20-24(22,23)16-8-3-2-4-9-16/h2-4,8-11,13-14,20H,5-7,12,19H2,1H3/t14-/m0/s1. The topological polar surface area (TPSA) is 75.4 Å². The van der Waals surface area contributed by atoms with Gasteiger partial charge in [-0.15, -0.1) is 0 Å². The maximum Gasteiger partial charge on any atom is 0.261 e. The second-order valence-electron chi connectivity index (χ2n) is 6.23. The summed E-state index contributed by atoms with van der Waals surface area (Å²) >= 11 is 0. The molecule has 5 nitrogen and oxygen atoms in total. The molecule has 1 aliphatic rings. The van der Waals surface area contributed by atoms with Crippen molar-refractivity contribution in [3.63, 3.8) is 0 Å². The van der Waals surface area contributed by atoms with Crippen molar-refractivity contribution in [3.8, 4) is 0 Å². The summed E-state index contributed by atoms with van der Waals surface area (Å²) in [5, 5.41) is 0. The van der Waals surface area contributed by atoms with E-state index >= 15 is 0 Å². The first-order valence-electron chi connectivity index (χ1n) is 8.21. The number of benzene rings is 2. The molecule has 0 aliphatic carbocycles. The summed E-state index contributed by atoms with van der Waals surface area (Å²) in [6.07, 6.45) is 3.42. The number of anilines is 3. The first-order valence-corrected chi connectivity index (χ1v) is 9.70. The Hall–Kier alpha value is -2.21. The van der Waals surface area contributed by atoms with Crippen LogP contribution in [0.1, 0.15) is 26.2 Å². The molecule has 2 aromatic carbocycles. The van der Waals surface area contributed by atoms with E-state index in [4.69, 9.17) is 5.73 Å². The maximum atomic E-state index is 12.7. The smallest absolute Gasteiger partial charge is 0.261 e. The lowest BCUT2D eigenvalue weighted by Crippen LogP contribution is -2.38. The summed E-state index contributed by atoms with van der Waals surface area (Å²) in [5.41, 5.74) is 7.85. The van der Waals surface area contributed by atoms with E-state index in [1.54, 1.807) is 36.4 Å². The second-order valence-corrected chi connectivity index (χ2v) is 7.92. The highest BCUT2D eigenvalue weighted by Gasteiger charge is 2.23. The molecule has 24 heavy (non-hydrogen) atoms. The molecule has 128 valence electrons. The van der Waals surface area contributed by atoms with E-state index in [2.05, 4.69) is 16.5 Å². The van der Waals surface area contributed by atoms with Crippen LogP contribution < -0.4 is 15.4 Å². The number of nitrogens with two attached hydrogens (primary N) is 1. The monoisotopic (exact) mass is 345 g/mol. The van der Waals surface area contributed by atoms with Crippen molar-refractivity contribution in [2.75, 3.05) is 21.9 Å². The van der Waals surface area contributed by atoms with E-state index in [-0.39, 0.29) is 4.90 Å². The lowest BCUT2D eigenvalue weighted by molar-refractivity contribution is 0.485. The number of rotatable bonds is 4. The van der Waals surface area contributed by atoms with Gasteiger partial charge in [-0.2, -0.15) is 0 Å². The first kappa shape index (κ1) is 16.6. The van der Waals surface area contributed by atoms with Crippen LogP contribution in [-0.4, -0.2) is 21.0 Å². The predicted octanol–water partition coefficient (Wildman–Crippen LogP) is 3.45. The fourth-order valence-electron chi connectivity index (χ4n) is 3.15. The molecule has 1 atom stereocenters. The third-order valence-corrected chi connectivity index (χ3v) is 5.81. The van der Waals surface area contributed by atoms with Gasteiger partial charge in [-0.3, -0.25) is 4.72 Å². The lowest BCUT2D eigenvalue weighted by atomic mass is 10.0. The average Bonchev–Trinajstić information content (AvgIpc) is 2.56. The Morgan fingerprint density at radius 3 is 2.58 bits per heavy atom. The van der Waals surface area contributed by atoms with Crippen LogP contribution in [0.2, 0.25) is 0 Å². The Morgan fingerprint density at radius 1 is 1.12 bits per heavy atom. The summed E-state index contributed by atoms with van der Waals surface area (Å²) in [7, 11) is -3.64. The maximum absolute atomic E-state index is 12.7. The quantitative estimate of drug-likeness (QED) is 0.832. The lowest BCUT2D eigenvalue weighted by Gasteiger charge is -2.36. The zero-order valence-corrected chi connectivity index (χ0v) is 14.6. The minimum Gasteiger partial charge on any atom is -0.399 e. The summed E-state index contributed by atoms with van der Waals surface area (Å²) in [6, 6.07) is 14.2. The van der Waals surface area contributed by atoms with Gasteiger partial charge in [0.25, 0.3) is 10.0 Å². The van der Waals surface area contributed by atoms with Gasteiger partial charge in [0.1, 0.15) is 0 Å². The molecule has 0 amide bonds. The van der Waals surface area contributed by atoms with Crippen molar-refractivity contribution in [2.24, 2.45) is 0 Å². The van der Waals surface area contributed by atoms with Crippen molar-refractivity contribution < 1.29 is 8.42 Å². The molecule has 1 fully saturated rings. The molecule has 3 N–H and O–H groups in total. The number of piperidine rings is 1. The number of nitrogens with one attached hydrogen (secondary N) is 1. The minimum atomic E-state index is -3.64. The van der Waals surface area contributed by atoms with Gasteiger partial charge >= 0.3 is 0 Å². The van der Waals surface area contributed by atoms with Gasteiger partial charge < -0.3 is 10.6 Å². The zero-order valence-electron chi connectivity index (χ0n) is 13.8. The highest BCUT2D eigenvalue weighted by Crippen LogP contribution is 2.34. The molecule has 3 rings (SSSR count). The van der Waals surface area contributed by atoms with Crippen LogP contribution in [0, 0.1) is 0 Å². The van der Waals surface area contributed by atoms with E-state index < -0.39 is 10.0 Å². The Balaban J connectivity index is 1.97. The van der Waals surface area contributed by atoms with E-state index in [0.717, 1.165) is 25.1 Å². The second kappa shape index (κ2) is 6.73. The van der Waals surface area contributed by atoms with Crippen LogP contribution >= 0.6 is 0 Å². The zero-order chi connectivity index (χ0) is 17.2. The van der Waals surface area contributed by atoms with Crippen molar-refractivity contribution >= 4 is 27.1 Å². The molecule has 1 aliphatic heterocycles. The molecule has 2 aromatic rings. The van der Waals surface area contributed by atoms with Crippen LogP contribution in [0.3, 0.4) is 0 Å². The molecule has 6 heteroatoms. The SMILES string of the molecule is C[C@H]1CCCCN1c1ccc(N)cc1NS(=O)(=O)c1ccccc1. The Labute approximate surface area is 143 Å². The van der Waals surface area contributed by atoms with E-state index in [1.165, 1.54) is 6.42 Å². The molecule has 0 bridgehead atoms. The third-order valence-electron chi connectivity index (χ3n) is 4.43. The molecular formula is C18H23N3O2S. The molecule has 1 heterocycles. The molecule has 0 unspecified atom stereocenters. The van der Waals surface area contributed by atoms with E-state index in [0.29, 0.717) is 17.4 Å². The molecule has 0 radical (unpaired) electrons. The van der Waals surface area contributed by atoms with Crippen molar-refractivity contribution in [3.05, 3.63) is 48.5 Å². The van der Waals surface area contributed by atoms with Gasteiger partial charge in [0.15, 0.2) is 0 Å². The van der Waals surface area contributed by atoms with E-state index in [9.17, 15) is 8.42 Å². The summed E-state index contributed by atoms with van der Waals surface area (Å²) in [4.78, 5) is 2.50. The normalized spacial score (nSPS) is 18.4. The highest BCUT2D eigenvalue weighted by atomic mass is 32.2. The number of hydrogen-bond donors (Lipinski definition) is 2. The van der Waals surface area contributed by atoms with Crippen LogP contribution in [0.25, 0.3) is 0 Å². The van der Waals surface area contributed by atoms with Gasteiger partial charge in [0.2, 0.25) is 0 Å². The highest BCUT2D eigenvalue weighted by molar-refractivity contribution is 7.92. The Morgan fingerprint density at radius 2 is 1.88 bits per heavy atom. The Bertz CT molecular complexity index is 806. The summed E-state index contributed by atoms with van der Waals surface area (Å²) in [6.45, 7) is 3.09.